The molecule has 13 heavy (non-hydrogen) atoms. The van der Waals surface area contributed by atoms with E-state index in [0.717, 1.165) is 13.1 Å². The molecule has 0 aliphatic carbocycles. The van der Waals surface area contributed by atoms with Crippen LogP contribution in [0.4, 0.5) is 0 Å². The van der Waals surface area contributed by atoms with Crippen LogP contribution in [-0.4, -0.2) is 56.9 Å². The van der Waals surface area contributed by atoms with Crippen LogP contribution in [0.25, 0.3) is 0 Å². The highest BCUT2D eigenvalue weighted by Gasteiger charge is 2.12. The van der Waals surface area contributed by atoms with Gasteiger partial charge in [0.2, 0.25) is 12.2 Å². The van der Waals surface area contributed by atoms with Crippen LogP contribution in [-0.2, 0) is 9.59 Å². The van der Waals surface area contributed by atoms with Crippen molar-refractivity contribution < 1.29 is 14.1 Å². The molecule has 0 rings (SSSR count). The number of quaternary nitrogens is 1. The average molecular weight is 184 g/mol. The fraction of sp³-hybridized carbons (Fsp3) is 0.750. The molecule has 0 amide bonds. The number of likely N-dealkylation sites (N-methyl/N-ethyl adjacent to an activating group) is 1. The first kappa shape index (κ1) is 11.7. The zero-order chi connectivity index (χ0) is 10.2. The molecule has 0 heterocycles. The molecule has 0 fully saturated rings. The normalized spacial score (nSPS) is 10.0. The lowest BCUT2D eigenvalue weighted by molar-refractivity contribution is -0.887. The Morgan fingerprint density at radius 2 is 1.38 bits per heavy atom. The minimum atomic E-state index is 0.460. The van der Waals surface area contributed by atoms with Gasteiger partial charge in [-0.05, 0) is 0 Å². The van der Waals surface area contributed by atoms with Crippen molar-refractivity contribution in [3.63, 3.8) is 0 Å². The van der Waals surface area contributed by atoms with Crippen LogP contribution >= 0.6 is 0 Å². The number of rotatable bonds is 6. The maximum Gasteiger partial charge on any atom is 0.235 e. The van der Waals surface area contributed by atoms with E-state index in [1.165, 1.54) is 12.2 Å². The average Bonchev–Trinajstić information content (AvgIpc) is 2.05. The molecule has 0 unspecified atom stereocenters. The maximum absolute atomic E-state index is 9.78. The summed E-state index contributed by atoms with van der Waals surface area (Å²) < 4.78 is 0.677. The van der Waals surface area contributed by atoms with Crippen molar-refractivity contribution in [1.82, 2.24) is 0 Å². The van der Waals surface area contributed by atoms with Crippen LogP contribution in [0, 0.1) is 0 Å². The first-order chi connectivity index (χ1) is 6.12. The number of hydrogen-bond acceptors (Lipinski definition) is 4. The fourth-order valence-corrected chi connectivity index (χ4v) is 0.845. The molecule has 0 atom stereocenters. The zero-order valence-electron chi connectivity index (χ0n) is 7.99. The minimum Gasteiger partial charge on any atom is -0.325 e. The molecule has 5 nitrogen and oxygen atoms in total. The number of carbonyl (C=O) groups excluding carboxylic acids is 2. The molecule has 0 bridgehead atoms. The monoisotopic (exact) mass is 184 g/mol. The van der Waals surface area contributed by atoms with E-state index in [1.807, 2.05) is 14.1 Å². The third kappa shape index (κ3) is 7.09. The standard InChI is InChI=1S/C8H14N3O2/c1-11(2,5-3-9-7-12)6-4-10-8-13/h3-6H2,1-2H3/q+1. The summed E-state index contributed by atoms with van der Waals surface area (Å²) in [5.41, 5.74) is 0. The van der Waals surface area contributed by atoms with E-state index in [2.05, 4.69) is 9.98 Å². The molecular formula is C8H14N3O2+. The van der Waals surface area contributed by atoms with Gasteiger partial charge < -0.3 is 4.48 Å². The molecule has 0 aromatic carbocycles. The highest BCUT2D eigenvalue weighted by Crippen LogP contribution is 1.95. The Balaban J connectivity index is 3.77. The van der Waals surface area contributed by atoms with Crippen LogP contribution in [0.1, 0.15) is 0 Å². The van der Waals surface area contributed by atoms with E-state index < -0.39 is 0 Å². The van der Waals surface area contributed by atoms with Gasteiger partial charge in [0.25, 0.3) is 0 Å². The van der Waals surface area contributed by atoms with Crippen LogP contribution < -0.4 is 0 Å². The number of isocyanates is 2. The van der Waals surface area contributed by atoms with Gasteiger partial charge in [0, 0.05) is 0 Å². The predicted octanol–water partition coefficient (Wildman–Crippen LogP) is -0.266. The molecule has 72 valence electrons. The van der Waals surface area contributed by atoms with E-state index in [1.54, 1.807) is 0 Å². The lowest BCUT2D eigenvalue weighted by Gasteiger charge is -2.27. The van der Waals surface area contributed by atoms with Gasteiger partial charge in [0.1, 0.15) is 13.1 Å². The first-order valence-electron chi connectivity index (χ1n) is 4.01. The molecule has 0 aromatic rings. The summed E-state index contributed by atoms with van der Waals surface area (Å²) in [6.45, 7) is 2.40. The van der Waals surface area contributed by atoms with E-state index >= 15 is 0 Å². The van der Waals surface area contributed by atoms with E-state index in [9.17, 15) is 9.59 Å². The maximum atomic E-state index is 9.78. The molecule has 0 aromatic heterocycles. The summed E-state index contributed by atoms with van der Waals surface area (Å²) in [6.07, 6.45) is 2.97. The summed E-state index contributed by atoms with van der Waals surface area (Å²) in [4.78, 5) is 26.5. The topological polar surface area (TPSA) is 58.9 Å². The van der Waals surface area contributed by atoms with Crippen LogP contribution in [0.3, 0.4) is 0 Å². The van der Waals surface area contributed by atoms with Crippen molar-refractivity contribution in [2.45, 2.75) is 0 Å². The Labute approximate surface area is 77.4 Å². The molecule has 5 heteroatoms. The SMILES string of the molecule is C[N+](C)(CCN=C=O)CCN=C=O. The van der Waals surface area contributed by atoms with Gasteiger partial charge in [0.15, 0.2) is 0 Å². The minimum absolute atomic E-state index is 0.460. The Morgan fingerprint density at radius 1 is 1.00 bits per heavy atom. The molecule has 0 N–H and O–H groups in total. The summed E-state index contributed by atoms with van der Waals surface area (Å²) in [7, 11) is 3.97. The molecule has 0 saturated carbocycles. The second-order valence-electron chi connectivity index (χ2n) is 3.33. The Kier molecular flexibility index (Phi) is 5.64. The molecular weight excluding hydrogens is 170 g/mol. The predicted molar refractivity (Wildman–Crippen MR) is 47.8 cm³/mol. The summed E-state index contributed by atoms with van der Waals surface area (Å²) in [5.74, 6) is 0. The number of nitrogens with zero attached hydrogens (tertiary/aromatic N) is 3. The summed E-state index contributed by atoms with van der Waals surface area (Å²) in [5, 5.41) is 0. The van der Waals surface area contributed by atoms with Crippen molar-refractivity contribution in [1.29, 1.82) is 0 Å². The van der Waals surface area contributed by atoms with E-state index in [4.69, 9.17) is 0 Å². The van der Waals surface area contributed by atoms with Gasteiger partial charge in [-0.25, -0.2) is 9.59 Å². The second kappa shape index (κ2) is 6.26. The lowest BCUT2D eigenvalue weighted by Crippen LogP contribution is -2.43. The quantitative estimate of drug-likeness (QED) is 0.324. The lowest BCUT2D eigenvalue weighted by atomic mass is 10.4. The van der Waals surface area contributed by atoms with Gasteiger partial charge in [-0.1, -0.05) is 0 Å². The van der Waals surface area contributed by atoms with Gasteiger partial charge in [0.05, 0.1) is 27.2 Å². The number of aliphatic imine (C=N–C) groups is 2. The second-order valence-corrected chi connectivity index (χ2v) is 3.33. The Hall–Kier alpha value is -1.28. The molecule has 0 radical (unpaired) electrons. The fourth-order valence-electron chi connectivity index (χ4n) is 0.845. The molecule has 0 spiro atoms. The smallest absolute Gasteiger partial charge is 0.235 e. The van der Waals surface area contributed by atoms with Crippen molar-refractivity contribution in [2.24, 2.45) is 9.98 Å². The Morgan fingerprint density at radius 3 is 1.69 bits per heavy atom. The van der Waals surface area contributed by atoms with Gasteiger partial charge in [-0.3, -0.25) is 0 Å². The molecule has 0 aliphatic rings. The van der Waals surface area contributed by atoms with Gasteiger partial charge in [-0.2, -0.15) is 9.98 Å². The highest BCUT2D eigenvalue weighted by molar-refractivity contribution is 5.32. The van der Waals surface area contributed by atoms with Gasteiger partial charge in [-0.15, -0.1) is 0 Å². The van der Waals surface area contributed by atoms with Crippen LogP contribution in [0.5, 0.6) is 0 Å². The third-order valence-corrected chi connectivity index (χ3v) is 1.76. The van der Waals surface area contributed by atoms with E-state index in [-0.39, 0.29) is 0 Å². The van der Waals surface area contributed by atoms with Gasteiger partial charge >= 0.3 is 0 Å². The van der Waals surface area contributed by atoms with Crippen molar-refractivity contribution in [3.8, 4) is 0 Å². The zero-order valence-corrected chi connectivity index (χ0v) is 7.99. The molecule has 0 saturated heterocycles. The first-order valence-corrected chi connectivity index (χ1v) is 4.01. The van der Waals surface area contributed by atoms with Crippen LogP contribution in [0.15, 0.2) is 9.98 Å². The largest absolute Gasteiger partial charge is 0.325 e. The van der Waals surface area contributed by atoms with Crippen molar-refractivity contribution >= 4 is 12.2 Å². The Bertz CT molecular complexity index is 214. The number of hydrogen-bond donors (Lipinski definition) is 0. The van der Waals surface area contributed by atoms with Crippen molar-refractivity contribution in [2.75, 3.05) is 40.3 Å². The van der Waals surface area contributed by atoms with E-state index in [0.29, 0.717) is 17.6 Å². The van der Waals surface area contributed by atoms with Crippen molar-refractivity contribution in [3.05, 3.63) is 0 Å². The van der Waals surface area contributed by atoms with Crippen LogP contribution in [0.2, 0.25) is 0 Å². The molecule has 0 aliphatic heterocycles. The summed E-state index contributed by atoms with van der Waals surface area (Å²) in [6, 6.07) is 0. The third-order valence-electron chi connectivity index (χ3n) is 1.76. The summed E-state index contributed by atoms with van der Waals surface area (Å²) >= 11 is 0. The highest BCUT2D eigenvalue weighted by atomic mass is 16.1.